The second kappa shape index (κ2) is 8.07. The molecule has 0 radical (unpaired) electrons. The monoisotopic (exact) mass is 344 g/mol. The summed E-state index contributed by atoms with van der Waals surface area (Å²) in [5, 5.41) is 2.88. The predicted molar refractivity (Wildman–Crippen MR) is 93.7 cm³/mol. The van der Waals surface area contributed by atoms with Crippen LogP contribution < -0.4 is 14.8 Å². The van der Waals surface area contributed by atoms with Crippen LogP contribution in [0, 0.1) is 0 Å². The third-order valence-corrected chi connectivity index (χ3v) is 4.49. The Morgan fingerprint density at radius 2 is 2.00 bits per heavy atom. The molecule has 0 saturated carbocycles. The quantitative estimate of drug-likeness (QED) is 0.835. The van der Waals surface area contributed by atoms with Crippen molar-refractivity contribution in [2.45, 2.75) is 25.9 Å². The van der Waals surface area contributed by atoms with Crippen molar-refractivity contribution in [1.82, 2.24) is 10.2 Å². The third-order valence-electron chi connectivity index (χ3n) is 4.49. The van der Waals surface area contributed by atoms with Gasteiger partial charge in [0.2, 0.25) is 5.91 Å². The van der Waals surface area contributed by atoms with E-state index in [1.807, 2.05) is 18.2 Å². The van der Waals surface area contributed by atoms with Gasteiger partial charge in [0.15, 0.2) is 11.5 Å². The topological polar surface area (TPSA) is 63.9 Å². The first-order chi connectivity index (χ1) is 12.2. The highest BCUT2D eigenvalue weighted by atomic mass is 16.5. The first-order valence-corrected chi connectivity index (χ1v) is 8.45. The molecule has 6 heteroatoms. The number of furan rings is 1. The predicted octanol–water partition coefficient (Wildman–Crippen LogP) is 2.36. The molecule has 0 fully saturated rings. The van der Waals surface area contributed by atoms with Gasteiger partial charge >= 0.3 is 0 Å². The Hall–Kier alpha value is -2.47. The number of nitrogens with one attached hydrogen (secondary N) is 1. The summed E-state index contributed by atoms with van der Waals surface area (Å²) < 4.78 is 16.0. The van der Waals surface area contributed by atoms with Gasteiger partial charge in [-0.1, -0.05) is 0 Å². The number of fused-ring (bicyclic) bond motifs is 1. The number of rotatable bonds is 7. The highest BCUT2D eigenvalue weighted by Gasteiger charge is 2.19. The Morgan fingerprint density at radius 3 is 2.68 bits per heavy atom. The molecule has 6 nitrogen and oxygen atoms in total. The first-order valence-electron chi connectivity index (χ1n) is 8.45. The molecule has 1 aliphatic rings. The molecule has 0 unspecified atom stereocenters. The van der Waals surface area contributed by atoms with E-state index >= 15 is 0 Å². The average molecular weight is 344 g/mol. The highest BCUT2D eigenvalue weighted by Crippen LogP contribution is 2.33. The molecule has 0 saturated heterocycles. The van der Waals surface area contributed by atoms with E-state index in [4.69, 9.17) is 13.9 Å². The van der Waals surface area contributed by atoms with Crippen LogP contribution >= 0.6 is 0 Å². The van der Waals surface area contributed by atoms with Crippen molar-refractivity contribution in [3.8, 4) is 11.5 Å². The Morgan fingerprint density at radius 1 is 1.24 bits per heavy atom. The van der Waals surface area contributed by atoms with Gasteiger partial charge in [-0.3, -0.25) is 9.69 Å². The maximum absolute atomic E-state index is 12.0. The molecule has 2 aromatic rings. The van der Waals surface area contributed by atoms with Crippen LogP contribution in [0.15, 0.2) is 34.9 Å². The van der Waals surface area contributed by atoms with Crippen molar-refractivity contribution in [2.75, 3.05) is 27.3 Å². The van der Waals surface area contributed by atoms with Crippen LogP contribution in [-0.2, 0) is 24.3 Å². The van der Waals surface area contributed by atoms with Crippen LogP contribution in [-0.4, -0.2) is 38.1 Å². The second-order valence-corrected chi connectivity index (χ2v) is 6.11. The standard InChI is InChI=1S/C19H24N2O4/c1-23-17-10-14-5-7-21(13-15(14)11-18(17)24-2)8-6-19(22)20-12-16-4-3-9-25-16/h3-4,9-11H,5-8,12-13H2,1-2H3,(H,20,22). The smallest absolute Gasteiger partial charge is 0.221 e. The van der Waals surface area contributed by atoms with Gasteiger partial charge in [0.25, 0.3) is 0 Å². The second-order valence-electron chi connectivity index (χ2n) is 6.11. The molecule has 0 bridgehead atoms. The van der Waals surface area contributed by atoms with E-state index in [1.165, 1.54) is 11.1 Å². The van der Waals surface area contributed by atoms with E-state index in [2.05, 4.69) is 16.3 Å². The minimum Gasteiger partial charge on any atom is -0.493 e. The SMILES string of the molecule is COc1cc2c(cc1OC)CN(CCC(=O)NCc1ccco1)CC2. The minimum absolute atomic E-state index is 0.0366. The maximum atomic E-state index is 12.0. The van der Waals surface area contributed by atoms with E-state index in [0.29, 0.717) is 13.0 Å². The number of nitrogens with zero attached hydrogens (tertiary/aromatic N) is 1. The van der Waals surface area contributed by atoms with Gasteiger partial charge < -0.3 is 19.2 Å². The molecule has 1 aliphatic heterocycles. The number of benzene rings is 1. The largest absolute Gasteiger partial charge is 0.493 e. The van der Waals surface area contributed by atoms with Crippen molar-refractivity contribution in [2.24, 2.45) is 0 Å². The zero-order valence-electron chi connectivity index (χ0n) is 14.7. The number of carbonyl (C=O) groups excluding carboxylic acids is 1. The molecule has 2 heterocycles. The lowest BCUT2D eigenvalue weighted by molar-refractivity contribution is -0.121. The molecule has 0 aliphatic carbocycles. The Balaban J connectivity index is 1.51. The molecule has 1 N–H and O–H groups in total. The maximum Gasteiger partial charge on any atom is 0.221 e. The molecular formula is C19H24N2O4. The van der Waals surface area contributed by atoms with E-state index in [0.717, 1.165) is 43.3 Å². The average Bonchev–Trinajstić information content (AvgIpc) is 3.16. The van der Waals surface area contributed by atoms with Gasteiger partial charge in [0.1, 0.15) is 5.76 Å². The van der Waals surface area contributed by atoms with Crippen molar-refractivity contribution in [3.63, 3.8) is 0 Å². The zero-order valence-corrected chi connectivity index (χ0v) is 14.7. The van der Waals surface area contributed by atoms with Gasteiger partial charge in [-0.2, -0.15) is 0 Å². The number of hydrogen-bond donors (Lipinski definition) is 1. The highest BCUT2D eigenvalue weighted by molar-refractivity contribution is 5.76. The molecule has 1 aromatic heterocycles. The van der Waals surface area contributed by atoms with Gasteiger partial charge in [-0.05, 0) is 41.8 Å². The number of amides is 1. The molecule has 1 aromatic carbocycles. The van der Waals surface area contributed by atoms with Crippen LogP contribution in [0.4, 0.5) is 0 Å². The summed E-state index contributed by atoms with van der Waals surface area (Å²) in [6.45, 7) is 2.93. The normalized spacial score (nSPS) is 14.0. The van der Waals surface area contributed by atoms with Crippen LogP contribution in [0.2, 0.25) is 0 Å². The first kappa shape index (κ1) is 17.4. The molecule has 0 spiro atoms. The minimum atomic E-state index is 0.0366. The fourth-order valence-corrected chi connectivity index (χ4v) is 3.08. The van der Waals surface area contributed by atoms with Crippen molar-refractivity contribution in [3.05, 3.63) is 47.4 Å². The summed E-state index contributed by atoms with van der Waals surface area (Å²) in [7, 11) is 3.30. The summed E-state index contributed by atoms with van der Waals surface area (Å²) in [6, 6.07) is 7.76. The van der Waals surface area contributed by atoms with Crippen LogP contribution in [0.3, 0.4) is 0 Å². The fraction of sp³-hybridized carbons (Fsp3) is 0.421. The molecule has 0 atom stereocenters. The third kappa shape index (κ3) is 4.33. The summed E-state index contributed by atoms with van der Waals surface area (Å²) in [5.74, 6) is 2.32. The lowest BCUT2D eigenvalue weighted by Gasteiger charge is -2.29. The van der Waals surface area contributed by atoms with Crippen molar-refractivity contribution in [1.29, 1.82) is 0 Å². The number of hydrogen-bond acceptors (Lipinski definition) is 5. The van der Waals surface area contributed by atoms with Gasteiger partial charge in [0, 0.05) is 26.1 Å². The summed E-state index contributed by atoms with van der Waals surface area (Å²) in [6.07, 6.45) is 3.03. The van der Waals surface area contributed by atoms with Gasteiger partial charge in [-0.25, -0.2) is 0 Å². The van der Waals surface area contributed by atoms with Gasteiger partial charge in [0.05, 0.1) is 27.0 Å². The van der Waals surface area contributed by atoms with E-state index in [-0.39, 0.29) is 5.91 Å². The Bertz CT molecular complexity index is 712. The van der Waals surface area contributed by atoms with E-state index < -0.39 is 0 Å². The van der Waals surface area contributed by atoms with E-state index in [9.17, 15) is 4.79 Å². The number of carbonyl (C=O) groups is 1. The van der Waals surface area contributed by atoms with Gasteiger partial charge in [-0.15, -0.1) is 0 Å². The fourth-order valence-electron chi connectivity index (χ4n) is 3.08. The van der Waals surface area contributed by atoms with E-state index in [1.54, 1.807) is 20.5 Å². The lowest BCUT2D eigenvalue weighted by Crippen LogP contribution is -2.34. The zero-order chi connectivity index (χ0) is 17.6. The van der Waals surface area contributed by atoms with Crippen molar-refractivity contribution < 1.29 is 18.7 Å². The van der Waals surface area contributed by atoms with Crippen LogP contribution in [0.25, 0.3) is 0 Å². The molecular weight excluding hydrogens is 320 g/mol. The molecule has 1 amide bonds. The Kier molecular flexibility index (Phi) is 5.60. The lowest BCUT2D eigenvalue weighted by atomic mass is 9.98. The number of ether oxygens (including phenoxy) is 2. The molecule has 134 valence electrons. The summed E-state index contributed by atoms with van der Waals surface area (Å²) in [5.41, 5.74) is 2.52. The Labute approximate surface area is 147 Å². The summed E-state index contributed by atoms with van der Waals surface area (Å²) in [4.78, 5) is 14.3. The summed E-state index contributed by atoms with van der Waals surface area (Å²) >= 11 is 0. The van der Waals surface area contributed by atoms with Crippen molar-refractivity contribution >= 4 is 5.91 Å². The number of methoxy groups -OCH3 is 2. The van der Waals surface area contributed by atoms with Crippen LogP contribution in [0.1, 0.15) is 23.3 Å². The molecule has 25 heavy (non-hydrogen) atoms. The van der Waals surface area contributed by atoms with Crippen LogP contribution in [0.5, 0.6) is 11.5 Å². The molecule has 3 rings (SSSR count).